The Morgan fingerprint density at radius 3 is 2.81 bits per heavy atom. The molecule has 6 heteroatoms. The maximum absolute atomic E-state index is 12.8. The molecule has 0 aliphatic carbocycles. The van der Waals surface area contributed by atoms with Crippen LogP contribution in [0.3, 0.4) is 0 Å². The molecule has 0 radical (unpaired) electrons. The van der Waals surface area contributed by atoms with Crippen LogP contribution in [0, 0.1) is 12.8 Å². The van der Waals surface area contributed by atoms with Crippen molar-refractivity contribution < 1.29 is 4.79 Å². The van der Waals surface area contributed by atoms with E-state index in [1.165, 1.54) is 12.8 Å². The molecule has 0 spiro atoms. The zero-order valence-electron chi connectivity index (χ0n) is 15.6. The number of nitrogens with zero attached hydrogens (tertiary/aromatic N) is 4. The number of aromatic nitrogens is 2. The zero-order valence-corrected chi connectivity index (χ0v) is 16.4. The molecule has 4 heterocycles. The number of fused-ring (bicyclic) bond motifs is 1. The summed E-state index contributed by atoms with van der Waals surface area (Å²) in [6.07, 6.45) is 3.74. The molecule has 0 aromatic carbocycles. The van der Waals surface area contributed by atoms with Crippen molar-refractivity contribution in [2.75, 3.05) is 24.5 Å². The third-order valence-electron chi connectivity index (χ3n) is 5.49. The van der Waals surface area contributed by atoms with Gasteiger partial charge in [0.15, 0.2) is 0 Å². The third-order valence-corrected chi connectivity index (χ3v) is 6.37. The summed E-state index contributed by atoms with van der Waals surface area (Å²) in [5, 5.41) is 2.03. The Morgan fingerprint density at radius 1 is 1.27 bits per heavy atom. The van der Waals surface area contributed by atoms with Gasteiger partial charge in [0, 0.05) is 36.5 Å². The summed E-state index contributed by atoms with van der Waals surface area (Å²) in [6, 6.07) is 4.04. The molecular formula is C20H26N4OS. The summed E-state index contributed by atoms with van der Waals surface area (Å²) < 4.78 is 0. The summed E-state index contributed by atoms with van der Waals surface area (Å²) in [6.45, 7) is 7.79. The highest BCUT2D eigenvalue weighted by atomic mass is 32.1. The van der Waals surface area contributed by atoms with Crippen LogP contribution in [0.2, 0.25) is 0 Å². The molecule has 2 aliphatic rings. The normalized spacial score (nSPS) is 18.1. The predicted octanol–water partition coefficient (Wildman–Crippen LogP) is 3.21. The van der Waals surface area contributed by atoms with Crippen molar-refractivity contribution in [3.8, 4) is 0 Å². The van der Waals surface area contributed by atoms with Crippen molar-refractivity contribution in [2.24, 2.45) is 5.92 Å². The molecule has 4 rings (SSSR count). The van der Waals surface area contributed by atoms with Gasteiger partial charge in [-0.15, -0.1) is 11.3 Å². The van der Waals surface area contributed by atoms with E-state index in [1.807, 2.05) is 29.3 Å². The lowest BCUT2D eigenvalue weighted by molar-refractivity contribution is -0.131. The van der Waals surface area contributed by atoms with Gasteiger partial charge in [-0.05, 0) is 37.1 Å². The molecule has 2 aliphatic heterocycles. The van der Waals surface area contributed by atoms with E-state index in [0.29, 0.717) is 13.0 Å². The third kappa shape index (κ3) is 3.61. The average Bonchev–Trinajstić information content (AvgIpc) is 3.14. The molecule has 2 aromatic heterocycles. The van der Waals surface area contributed by atoms with Crippen LogP contribution in [0.15, 0.2) is 17.5 Å². The molecular weight excluding hydrogens is 344 g/mol. The van der Waals surface area contributed by atoms with E-state index in [0.717, 1.165) is 59.7 Å². The molecule has 5 nitrogen and oxygen atoms in total. The molecule has 1 saturated heterocycles. The Morgan fingerprint density at radius 2 is 2.08 bits per heavy atom. The summed E-state index contributed by atoms with van der Waals surface area (Å²) >= 11 is 1.65. The maximum Gasteiger partial charge on any atom is 0.228 e. The van der Waals surface area contributed by atoms with E-state index in [1.54, 1.807) is 11.3 Å². The number of carbonyl (C=O) groups is 1. The van der Waals surface area contributed by atoms with E-state index >= 15 is 0 Å². The fourth-order valence-corrected chi connectivity index (χ4v) is 4.58. The van der Waals surface area contributed by atoms with Gasteiger partial charge in [-0.25, -0.2) is 9.97 Å². The van der Waals surface area contributed by atoms with E-state index in [2.05, 4.69) is 16.8 Å². The van der Waals surface area contributed by atoms with Gasteiger partial charge in [-0.3, -0.25) is 4.79 Å². The molecule has 0 unspecified atom stereocenters. The van der Waals surface area contributed by atoms with Gasteiger partial charge < -0.3 is 9.80 Å². The topological polar surface area (TPSA) is 49.3 Å². The highest BCUT2D eigenvalue weighted by molar-refractivity contribution is 7.10. The lowest BCUT2D eigenvalue weighted by Crippen LogP contribution is -2.40. The average molecular weight is 371 g/mol. The summed E-state index contributed by atoms with van der Waals surface area (Å²) in [5.41, 5.74) is 2.29. The monoisotopic (exact) mass is 370 g/mol. The minimum Gasteiger partial charge on any atom is -0.356 e. The highest BCUT2D eigenvalue weighted by Gasteiger charge is 2.28. The fourth-order valence-electron chi connectivity index (χ4n) is 3.89. The van der Waals surface area contributed by atoms with Crippen LogP contribution in [0.25, 0.3) is 0 Å². The molecule has 0 bridgehead atoms. The second-order valence-electron chi connectivity index (χ2n) is 7.51. The van der Waals surface area contributed by atoms with Crippen LogP contribution in [0.5, 0.6) is 0 Å². The Bertz CT molecular complexity index is 781. The van der Waals surface area contributed by atoms with Crippen molar-refractivity contribution in [1.29, 1.82) is 0 Å². The second kappa shape index (κ2) is 7.35. The SMILES string of the molecule is Cc1nc2c(c(N3CCC(C)CC3)n1)CN(C(=O)Cc1cccs1)CC2. The zero-order chi connectivity index (χ0) is 18.1. The molecule has 1 amide bonds. The number of carbonyl (C=O) groups excluding carboxylic acids is 1. The van der Waals surface area contributed by atoms with Crippen LogP contribution < -0.4 is 4.90 Å². The Kier molecular flexibility index (Phi) is 4.94. The Balaban J connectivity index is 1.56. The van der Waals surface area contributed by atoms with Gasteiger partial charge in [0.05, 0.1) is 18.7 Å². The van der Waals surface area contributed by atoms with Crippen molar-refractivity contribution in [2.45, 2.75) is 46.1 Å². The van der Waals surface area contributed by atoms with E-state index in [9.17, 15) is 4.79 Å². The maximum atomic E-state index is 12.8. The van der Waals surface area contributed by atoms with Crippen LogP contribution in [0.4, 0.5) is 5.82 Å². The Hall–Kier alpha value is -1.95. The number of anilines is 1. The minimum absolute atomic E-state index is 0.205. The van der Waals surface area contributed by atoms with Gasteiger partial charge in [0.1, 0.15) is 11.6 Å². The molecule has 0 saturated carbocycles. The molecule has 138 valence electrons. The van der Waals surface area contributed by atoms with Crippen LogP contribution >= 0.6 is 11.3 Å². The smallest absolute Gasteiger partial charge is 0.228 e. The minimum atomic E-state index is 0.205. The molecule has 26 heavy (non-hydrogen) atoms. The van der Waals surface area contributed by atoms with Gasteiger partial charge in [0.2, 0.25) is 5.91 Å². The predicted molar refractivity (Wildman–Crippen MR) is 105 cm³/mol. The number of thiophene rings is 1. The molecule has 0 atom stereocenters. The standard InChI is InChI=1S/C20H26N4OS/c1-14-5-8-23(9-6-14)20-17-13-24(10-7-18(17)21-15(2)22-20)19(25)12-16-4-3-11-26-16/h3-4,11,14H,5-10,12-13H2,1-2H3. The largest absolute Gasteiger partial charge is 0.356 e. The lowest BCUT2D eigenvalue weighted by Gasteiger charge is -2.36. The number of hydrogen-bond donors (Lipinski definition) is 0. The first-order valence-corrected chi connectivity index (χ1v) is 10.4. The van der Waals surface area contributed by atoms with E-state index < -0.39 is 0 Å². The van der Waals surface area contributed by atoms with Gasteiger partial charge in [0.25, 0.3) is 0 Å². The number of aryl methyl sites for hydroxylation is 1. The lowest BCUT2D eigenvalue weighted by atomic mass is 9.98. The van der Waals surface area contributed by atoms with Crippen molar-refractivity contribution in [3.05, 3.63) is 39.5 Å². The van der Waals surface area contributed by atoms with Crippen molar-refractivity contribution in [1.82, 2.24) is 14.9 Å². The van der Waals surface area contributed by atoms with Gasteiger partial charge in [-0.1, -0.05) is 13.0 Å². The molecule has 2 aromatic rings. The van der Waals surface area contributed by atoms with Gasteiger partial charge >= 0.3 is 0 Å². The summed E-state index contributed by atoms with van der Waals surface area (Å²) in [7, 11) is 0. The van der Waals surface area contributed by atoms with Crippen LogP contribution in [-0.4, -0.2) is 40.4 Å². The first kappa shape index (κ1) is 17.5. The number of amides is 1. The fraction of sp³-hybridized carbons (Fsp3) is 0.550. The second-order valence-corrected chi connectivity index (χ2v) is 8.54. The van der Waals surface area contributed by atoms with Crippen LogP contribution in [0.1, 0.15) is 41.7 Å². The van der Waals surface area contributed by atoms with Crippen molar-refractivity contribution >= 4 is 23.1 Å². The van der Waals surface area contributed by atoms with E-state index in [4.69, 9.17) is 4.98 Å². The first-order valence-electron chi connectivity index (χ1n) is 9.51. The quantitative estimate of drug-likeness (QED) is 0.832. The summed E-state index contributed by atoms with van der Waals surface area (Å²) in [5.74, 6) is 2.90. The number of hydrogen-bond acceptors (Lipinski definition) is 5. The molecule has 1 fully saturated rings. The van der Waals surface area contributed by atoms with Crippen LogP contribution in [-0.2, 0) is 24.2 Å². The van der Waals surface area contributed by atoms with E-state index in [-0.39, 0.29) is 5.91 Å². The van der Waals surface area contributed by atoms with Crippen molar-refractivity contribution in [3.63, 3.8) is 0 Å². The highest BCUT2D eigenvalue weighted by Crippen LogP contribution is 2.30. The first-order chi connectivity index (χ1) is 12.6. The van der Waals surface area contributed by atoms with Gasteiger partial charge in [-0.2, -0.15) is 0 Å². The molecule has 0 N–H and O–H groups in total. The Labute approximate surface area is 159 Å². The number of rotatable bonds is 3. The summed E-state index contributed by atoms with van der Waals surface area (Å²) in [4.78, 5) is 27.7. The number of piperidine rings is 1.